The molecule has 3 nitrogen and oxygen atoms in total. The predicted molar refractivity (Wildman–Crippen MR) is 115 cm³/mol. The molecule has 0 saturated carbocycles. The summed E-state index contributed by atoms with van der Waals surface area (Å²) in [5.74, 6) is 4.00. The Balaban J connectivity index is 1.73. The summed E-state index contributed by atoms with van der Waals surface area (Å²) in [4.78, 5) is 13.4. The van der Waals surface area contributed by atoms with Crippen LogP contribution in [0.25, 0.3) is 11.6 Å². The molecule has 0 aromatic heterocycles. The summed E-state index contributed by atoms with van der Waals surface area (Å²) in [5, 5.41) is 0. The van der Waals surface area contributed by atoms with Crippen molar-refractivity contribution >= 4 is 41.0 Å². The van der Waals surface area contributed by atoms with Gasteiger partial charge in [0.25, 0.3) is 0 Å². The first kappa shape index (κ1) is 18.5. The summed E-state index contributed by atoms with van der Waals surface area (Å²) in [6.45, 7) is 0.736. The molecule has 0 amide bonds. The molecule has 0 atom stereocenters. The summed E-state index contributed by atoms with van der Waals surface area (Å²) >= 11 is 3.51. The lowest BCUT2D eigenvalue weighted by Crippen LogP contribution is -2.19. The Hall–Kier alpha value is -1.85. The quantitative estimate of drug-likeness (QED) is 0.527. The van der Waals surface area contributed by atoms with Crippen LogP contribution in [0.4, 0.5) is 0 Å². The number of carbonyl (C=O) groups excluding carboxylic acids is 1. The molecule has 0 N–H and O–H groups in total. The minimum atomic E-state index is -0.0334. The average molecular weight is 399 g/mol. The van der Waals surface area contributed by atoms with Crippen LogP contribution in [-0.4, -0.2) is 35.6 Å². The van der Waals surface area contributed by atoms with Crippen LogP contribution in [0.3, 0.4) is 0 Å². The minimum Gasteiger partial charge on any atom is -0.497 e. The molecule has 2 aromatic rings. The summed E-state index contributed by atoms with van der Waals surface area (Å²) in [6, 6.07) is 13.9. The van der Waals surface area contributed by atoms with Crippen molar-refractivity contribution in [1.29, 1.82) is 0 Å². The first-order valence-electron chi connectivity index (χ1n) is 9.14. The minimum absolute atomic E-state index is 0.0334. The van der Waals surface area contributed by atoms with E-state index in [4.69, 9.17) is 9.47 Å². The number of rotatable bonds is 5. The number of thioether (sulfide) groups is 2. The average Bonchev–Trinajstić information content (AvgIpc) is 3.20. The molecule has 1 fully saturated rings. The van der Waals surface area contributed by atoms with E-state index in [-0.39, 0.29) is 10.4 Å². The smallest absolute Gasteiger partial charge is 0.186 e. The van der Waals surface area contributed by atoms with E-state index in [2.05, 4.69) is 6.07 Å². The summed E-state index contributed by atoms with van der Waals surface area (Å²) in [7, 11) is 1.65. The van der Waals surface area contributed by atoms with E-state index in [1.807, 2.05) is 42.5 Å². The van der Waals surface area contributed by atoms with Gasteiger partial charge in [0.05, 0.1) is 13.7 Å². The first-order valence-corrected chi connectivity index (χ1v) is 11.2. The highest BCUT2D eigenvalue weighted by Crippen LogP contribution is 2.36. The van der Waals surface area contributed by atoms with Crippen molar-refractivity contribution in [1.82, 2.24) is 0 Å². The van der Waals surface area contributed by atoms with Crippen LogP contribution in [-0.2, 0) is 11.2 Å². The zero-order chi connectivity index (χ0) is 18.6. The molecule has 0 radical (unpaired) electrons. The van der Waals surface area contributed by atoms with Crippen LogP contribution in [0, 0.1) is 0 Å². The highest BCUT2D eigenvalue weighted by Gasteiger charge is 2.26. The van der Waals surface area contributed by atoms with E-state index in [0.29, 0.717) is 0 Å². The van der Waals surface area contributed by atoms with Gasteiger partial charge in [0, 0.05) is 12.0 Å². The van der Waals surface area contributed by atoms with Gasteiger partial charge in [-0.15, -0.1) is 23.5 Å². The molecule has 0 unspecified atom stereocenters. The van der Waals surface area contributed by atoms with Crippen LogP contribution in [0.5, 0.6) is 11.5 Å². The van der Waals surface area contributed by atoms with E-state index in [0.717, 1.165) is 52.7 Å². The molecule has 2 aromatic carbocycles. The van der Waals surface area contributed by atoms with Crippen molar-refractivity contribution in [3.05, 3.63) is 59.2 Å². The van der Waals surface area contributed by atoms with Gasteiger partial charge in [-0.05, 0) is 65.0 Å². The van der Waals surface area contributed by atoms with Crippen molar-refractivity contribution in [2.24, 2.45) is 0 Å². The summed E-state index contributed by atoms with van der Waals surface area (Å²) in [6.07, 6.45) is 4.11. The molecule has 2 heterocycles. The predicted octanol–water partition coefficient (Wildman–Crippen LogP) is 4.94. The zero-order valence-electron chi connectivity index (χ0n) is 15.3. The maximum atomic E-state index is 13.4. The Morgan fingerprint density at radius 3 is 2.85 bits per heavy atom. The van der Waals surface area contributed by atoms with Gasteiger partial charge in [0.1, 0.15) is 16.1 Å². The number of allylic oxidation sites excluding steroid dienone is 1. The van der Waals surface area contributed by atoms with Crippen molar-refractivity contribution < 1.29 is 14.3 Å². The fourth-order valence-corrected chi connectivity index (χ4v) is 6.07. The third-order valence-corrected chi connectivity index (χ3v) is 7.61. The Morgan fingerprint density at radius 2 is 2.04 bits per heavy atom. The van der Waals surface area contributed by atoms with Gasteiger partial charge >= 0.3 is 0 Å². The third-order valence-electron chi connectivity index (χ3n) is 4.71. The third kappa shape index (κ3) is 4.19. The van der Waals surface area contributed by atoms with Crippen molar-refractivity contribution in [2.45, 2.75) is 17.4 Å². The summed E-state index contributed by atoms with van der Waals surface area (Å²) < 4.78 is 10.9. The largest absolute Gasteiger partial charge is 0.497 e. The van der Waals surface area contributed by atoms with E-state index < -0.39 is 0 Å². The van der Waals surface area contributed by atoms with E-state index in [1.54, 1.807) is 30.6 Å². The van der Waals surface area contributed by atoms with E-state index in [1.165, 1.54) is 12.0 Å². The lowest BCUT2D eigenvalue weighted by Gasteiger charge is -2.21. The van der Waals surface area contributed by atoms with Crippen LogP contribution >= 0.6 is 23.5 Å². The molecule has 0 bridgehead atoms. The van der Waals surface area contributed by atoms with Gasteiger partial charge in [-0.2, -0.15) is 0 Å². The molecule has 27 heavy (non-hydrogen) atoms. The SMILES string of the molecule is COc1cccc(/C(=C\c2ccc3c(c2)CCO3)C(=O)C2SCCCS2)c1. The Kier molecular flexibility index (Phi) is 5.79. The molecule has 2 aliphatic heterocycles. The number of benzene rings is 2. The fourth-order valence-electron chi connectivity index (χ4n) is 3.32. The number of hydrogen-bond donors (Lipinski definition) is 0. The van der Waals surface area contributed by atoms with E-state index >= 15 is 0 Å². The molecule has 140 valence electrons. The molecular weight excluding hydrogens is 376 g/mol. The van der Waals surface area contributed by atoms with Crippen molar-refractivity contribution in [3.8, 4) is 11.5 Å². The first-order chi connectivity index (χ1) is 13.2. The molecule has 5 heteroatoms. The number of Topliss-reactive ketones (excluding diaryl/α,β-unsaturated/α-hetero) is 1. The molecule has 2 aliphatic rings. The Labute approximate surface area is 168 Å². The highest BCUT2D eigenvalue weighted by atomic mass is 32.2. The molecule has 4 rings (SSSR count). The number of fused-ring (bicyclic) bond motifs is 1. The van der Waals surface area contributed by atoms with Gasteiger partial charge in [-0.25, -0.2) is 0 Å². The Morgan fingerprint density at radius 1 is 1.19 bits per heavy atom. The van der Waals surface area contributed by atoms with Gasteiger partial charge in [0.15, 0.2) is 5.78 Å². The Bertz CT molecular complexity index is 870. The van der Waals surface area contributed by atoms with Gasteiger partial charge in [-0.1, -0.05) is 18.2 Å². The van der Waals surface area contributed by atoms with Gasteiger partial charge in [-0.3, -0.25) is 4.79 Å². The van der Waals surface area contributed by atoms with E-state index in [9.17, 15) is 4.79 Å². The standard InChI is InChI=1S/C22H22O3S2/c1-24-18-5-2-4-16(14-18)19(21(23)22-26-10-3-11-27-22)13-15-6-7-20-17(12-15)8-9-25-20/h2,4-7,12-14,22H,3,8-11H2,1H3/b19-13+. The van der Waals surface area contributed by atoms with Crippen LogP contribution < -0.4 is 9.47 Å². The van der Waals surface area contributed by atoms with Gasteiger partial charge < -0.3 is 9.47 Å². The lowest BCUT2D eigenvalue weighted by atomic mass is 9.98. The second-order valence-electron chi connectivity index (χ2n) is 6.55. The van der Waals surface area contributed by atoms with Crippen molar-refractivity contribution in [3.63, 3.8) is 0 Å². The molecule has 0 aliphatic carbocycles. The normalized spacial score (nSPS) is 17.3. The molecular formula is C22H22O3S2. The monoisotopic (exact) mass is 398 g/mol. The highest BCUT2D eigenvalue weighted by molar-refractivity contribution is 8.18. The lowest BCUT2D eigenvalue weighted by molar-refractivity contribution is -0.112. The maximum absolute atomic E-state index is 13.4. The van der Waals surface area contributed by atoms with Gasteiger partial charge in [0.2, 0.25) is 0 Å². The second kappa shape index (κ2) is 8.44. The number of carbonyl (C=O) groups is 1. The number of ketones is 1. The maximum Gasteiger partial charge on any atom is 0.186 e. The fraction of sp³-hybridized carbons (Fsp3) is 0.318. The second-order valence-corrected chi connectivity index (χ2v) is 9.27. The number of ether oxygens (including phenoxy) is 2. The van der Waals surface area contributed by atoms with Crippen LogP contribution in [0.2, 0.25) is 0 Å². The van der Waals surface area contributed by atoms with Crippen LogP contribution in [0.15, 0.2) is 42.5 Å². The molecule has 1 saturated heterocycles. The van der Waals surface area contributed by atoms with Crippen LogP contribution in [0.1, 0.15) is 23.1 Å². The van der Waals surface area contributed by atoms with Crippen molar-refractivity contribution in [2.75, 3.05) is 25.2 Å². The zero-order valence-corrected chi connectivity index (χ0v) is 16.9. The molecule has 0 spiro atoms. The number of methoxy groups -OCH3 is 1. The number of hydrogen-bond acceptors (Lipinski definition) is 5. The topological polar surface area (TPSA) is 35.5 Å². The summed E-state index contributed by atoms with van der Waals surface area (Å²) in [5.41, 5.74) is 3.90.